The van der Waals surface area contributed by atoms with Gasteiger partial charge in [0.1, 0.15) is 11.8 Å². The van der Waals surface area contributed by atoms with Gasteiger partial charge in [-0.05, 0) is 35.4 Å². The number of alkyl halides is 3. The Kier molecular flexibility index (Phi) is 3.86. The predicted octanol–water partition coefficient (Wildman–Crippen LogP) is 4.78. The van der Waals surface area contributed by atoms with E-state index in [2.05, 4.69) is 4.74 Å². The highest BCUT2D eigenvalue weighted by atomic mass is 35.5. The molecule has 0 radical (unpaired) electrons. The maximum Gasteiger partial charge on any atom is 0.573 e. The fourth-order valence-electron chi connectivity index (χ4n) is 1.65. The van der Waals surface area contributed by atoms with E-state index in [1.807, 2.05) is 0 Å². The Morgan fingerprint density at radius 1 is 1.00 bits per heavy atom. The van der Waals surface area contributed by atoms with E-state index in [1.54, 1.807) is 30.3 Å². The van der Waals surface area contributed by atoms with Crippen LogP contribution in [0.1, 0.15) is 5.56 Å². The molecule has 2 aromatic rings. The first-order valence-electron chi connectivity index (χ1n) is 5.45. The second-order valence-corrected chi connectivity index (χ2v) is 4.31. The van der Waals surface area contributed by atoms with Crippen molar-refractivity contribution in [3.8, 4) is 22.9 Å². The van der Waals surface area contributed by atoms with Crippen LogP contribution in [0.15, 0.2) is 42.5 Å². The summed E-state index contributed by atoms with van der Waals surface area (Å²) in [5.41, 5.74) is 1.16. The lowest BCUT2D eigenvalue weighted by atomic mass is 10.0. The minimum absolute atomic E-state index is 0.185. The Bertz CT molecular complexity index is 660. The van der Waals surface area contributed by atoms with Crippen molar-refractivity contribution < 1.29 is 17.9 Å². The van der Waals surface area contributed by atoms with E-state index in [-0.39, 0.29) is 5.56 Å². The van der Waals surface area contributed by atoms with Gasteiger partial charge in [-0.1, -0.05) is 29.8 Å². The lowest BCUT2D eigenvalue weighted by Gasteiger charge is -2.11. The zero-order valence-corrected chi connectivity index (χ0v) is 10.7. The van der Waals surface area contributed by atoms with Crippen LogP contribution in [-0.2, 0) is 0 Å². The summed E-state index contributed by atoms with van der Waals surface area (Å²) in [7, 11) is 0. The summed E-state index contributed by atoms with van der Waals surface area (Å²) in [6, 6.07) is 12.3. The standard InChI is InChI=1S/C14H7ClF3NO/c15-12-4-1-9(2-5-12)10-3-6-13(11(7-10)8-19)20-14(16,17)18/h1-7H. The molecule has 0 amide bonds. The smallest absolute Gasteiger partial charge is 0.404 e. The number of nitrogens with zero attached hydrogens (tertiary/aromatic N) is 1. The van der Waals surface area contributed by atoms with Crippen LogP contribution in [0.25, 0.3) is 11.1 Å². The molecule has 2 aromatic carbocycles. The molecule has 0 heterocycles. The molecule has 0 atom stereocenters. The molecule has 20 heavy (non-hydrogen) atoms. The van der Waals surface area contributed by atoms with E-state index < -0.39 is 12.1 Å². The topological polar surface area (TPSA) is 33.0 Å². The summed E-state index contributed by atoms with van der Waals surface area (Å²) in [4.78, 5) is 0. The van der Waals surface area contributed by atoms with Crippen LogP contribution in [0.4, 0.5) is 13.2 Å². The van der Waals surface area contributed by atoms with Crippen LogP contribution < -0.4 is 4.74 Å². The van der Waals surface area contributed by atoms with E-state index in [4.69, 9.17) is 16.9 Å². The molecule has 0 saturated carbocycles. The van der Waals surface area contributed by atoms with Crippen molar-refractivity contribution >= 4 is 11.6 Å². The minimum Gasteiger partial charge on any atom is -0.404 e. The largest absolute Gasteiger partial charge is 0.573 e. The normalized spacial score (nSPS) is 10.9. The molecule has 2 rings (SSSR count). The van der Waals surface area contributed by atoms with E-state index in [9.17, 15) is 13.2 Å². The summed E-state index contributed by atoms with van der Waals surface area (Å²) >= 11 is 5.76. The molecule has 0 spiro atoms. The monoisotopic (exact) mass is 297 g/mol. The molecule has 0 bridgehead atoms. The van der Waals surface area contributed by atoms with Gasteiger partial charge in [-0.3, -0.25) is 0 Å². The maximum atomic E-state index is 12.2. The lowest BCUT2D eigenvalue weighted by molar-refractivity contribution is -0.274. The number of hydrogen-bond acceptors (Lipinski definition) is 2. The highest BCUT2D eigenvalue weighted by Gasteiger charge is 2.32. The summed E-state index contributed by atoms with van der Waals surface area (Å²) in [6.45, 7) is 0. The van der Waals surface area contributed by atoms with Crippen molar-refractivity contribution in [3.05, 3.63) is 53.1 Å². The molecule has 0 aliphatic carbocycles. The molecule has 0 unspecified atom stereocenters. The minimum atomic E-state index is -4.83. The highest BCUT2D eigenvalue weighted by molar-refractivity contribution is 6.30. The summed E-state index contributed by atoms with van der Waals surface area (Å²) in [5.74, 6) is -0.516. The van der Waals surface area contributed by atoms with Crippen molar-refractivity contribution in [2.75, 3.05) is 0 Å². The SMILES string of the molecule is N#Cc1cc(-c2ccc(Cl)cc2)ccc1OC(F)(F)F. The van der Waals surface area contributed by atoms with Crippen molar-refractivity contribution in [2.45, 2.75) is 6.36 Å². The van der Waals surface area contributed by atoms with Gasteiger partial charge in [0.15, 0.2) is 0 Å². The fraction of sp³-hybridized carbons (Fsp3) is 0.0714. The fourth-order valence-corrected chi connectivity index (χ4v) is 1.78. The van der Waals surface area contributed by atoms with Gasteiger partial charge in [0, 0.05) is 5.02 Å². The molecule has 0 aliphatic heterocycles. The first-order chi connectivity index (χ1) is 9.39. The number of nitriles is 1. The van der Waals surface area contributed by atoms with Gasteiger partial charge in [0.25, 0.3) is 0 Å². The van der Waals surface area contributed by atoms with Crippen LogP contribution in [-0.4, -0.2) is 6.36 Å². The van der Waals surface area contributed by atoms with E-state index >= 15 is 0 Å². The zero-order chi connectivity index (χ0) is 14.8. The molecule has 0 N–H and O–H groups in total. The Morgan fingerprint density at radius 2 is 1.60 bits per heavy atom. The summed E-state index contributed by atoms with van der Waals surface area (Å²) in [6.07, 6.45) is -4.83. The van der Waals surface area contributed by atoms with E-state index in [0.29, 0.717) is 10.6 Å². The van der Waals surface area contributed by atoms with Gasteiger partial charge >= 0.3 is 6.36 Å². The molecule has 102 valence electrons. The number of halogens is 4. The van der Waals surface area contributed by atoms with Crippen LogP contribution in [0, 0.1) is 11.3 Å². The molecular formula is C14H7ClF3NO. The third-order valence-corrected chi connectivity index (χ3v) is 2.76. The van der Waals surface area contributed by atoms with Gasteiger partial charge in [0.05, 0.1) is 5.56 Å². The van der Waals surface area contributed by atoms with Crippen molar-refractivity contribution in [2.24, 2.45) is 0 Å². The average molecular weight is 298 g/mol. The molecular weight excluding hydrogens is 291 g/mol. The molecule has 0 aliphatic rings. The number of rotatable bonds is 2. The quantitative estimate of drug-likeness (QED) is 0.799. The molecule has 0 saturated heterocycles. The van der Waals surface area contributed by atoms with Gasteiger partial charge in [-0.15, -0.1) is 13.2 Å². The Balaban J connectivity index is 2.39. The molecule has 0 fully saturated rings. The first-order valence-corrected chi connectivity index (χ1v) is 5.83. The van der Waals surface area contributed by atoms with Crippen molar-refractivity contribution in [1.29, 1.82) is 5.26 Å². The first kappa shape index (κ1) is 14.2. The molecule has 0 aromatic heterocycles. The van der Waals surface area contributed by atoms with Crippen LogP contribution in [0.2, 0.25) is 5.02 Å². The molecule has 6 heteroatoms. The predicted molar refractivity (Wildman–Crippen MR) is 68.3 cm³/mol. The van der Waals surface area contributed by atoms with Crippen LogP contribution in [0.5, 0.6) is 5.75 Å². The lowest BCUT2D eigenvalue weighted by Crippen LogP contribution is -2.17. The number of benzene rings is 2. The molecule has 2 nitrogen and oxygen atoms in total. The van der Waals surface area contributed by atoms with Gasteiger partial charge in [-0.2, -0.15) is 5.26 Å². The van der Waals surface area contributed by atoms with E-state index in [0.717, 1.165) is 11.6 Å². The third-order valence-electron chi connectivity index (χ3n) is 2.50. The van der Waals surface area contributed by atoms with Crippen molar-refractivity contribution in [1.82, 2.24) is 0 Å². The van der Waals surface area contributed by atoms with Crippen LogP contribution in [0.3, 0.4) is 0 Å². The van der Waals surface area contributed by atoms with E-state index in [1.165, 1.54) is 12.1 Å². The Morgan fingerprint density at radius 3 is 2.15 bits per heavy atom. The zero-order valence-electron chi connectivity index (χ0n) is 9.91. The second-order valence-electron chi connectivity index (χ2n) is 3.88. The average Bonchev–Trinajstić information content (AvgIpc) is 2.38. The maximum absolute atomic E-state index is 12.2. The number of hydrogen-bond donors (Lipinski definition) is 0. The Labute approximate surface area is 118 Å². The van der Waals surface area contributed by atoms with Gasteiger partial charge in [-0.25, -0.2) is 0 Å². The Hall–Kier alpha value is -2.19. The summed E-state index contributed by atoms with van der Waals surface area (Å²) in [5, 5.41) is 9.46. The van der Waals surface area contributed by atoms with Gasteiger partial charge < -0.3 is 4.74 Å². The summed E-state index contributed by atoms with van der Waals surface area (Å²) < 4.78 is 40.3. The van der Waals surface area contributed by atoms with Crippen molar-refractivity contribution in [3.63, 3.8) is 0 Å². The second kappa shape index (κ2) is 5.43. The highest BCUT2D eigenvalue weighted by Crippen LogP contribution is 2.30. The number of ether oxygens (including phenoxy) is 1. The van der Waals surface area contributed by atoms with Gasteiger partial charge in [0.2, 0.25) is 0 Å². The van der Waals surface area contributed by atoms with Crippen LogP contribution >= 0.6 is 11.6 Å². The third kappa shape index (κ3) is 3.43.